The summed E-state index contributed by atoms with van der Waals surface area (Å²) in [5, 5.41) is 7.10. The molecule has 1 aliphatic rings. The number of morpholine rings is 1. The number of fused-ring (bicyclic) bond motifs is 1. The Hall–Kier alpha value is -3.87. The molecule has 3 heterocycles. The molecule has 2 aromatic carbocycles. The first-order chi connectivity index (χ1) is 18.6. The minimum atomic E-state index is -0.372. The summed E-state index contributed by atoms with van der Waals surface area (Å²) in [5.74, 6) is 0.989. The molecule has 0 aliphatic carbocycles. The van der Waals surface area contributed by atoms with Gasteiger partial charge in [-0.25, -0.2) is 19.3 Å². The number of anilines is 3. The van der Waals surface area contributed by atoms with Crippen molar-refractivity contribution >= 4 is 44.8 Å². The summed E-state index contributed by atoms with van der Waals surface area (Å²) in [6.07, 6.45) is 3.81. The SMILES string of the molecule is COc1cc2c(Nc3ncc(C(=O)Nc4ccc(F)cc4)s3)ncnc2cc1OCCCN1CCOCC1. The zero-order valence-electron chi connectivity index (χ0n) is 20.8. The molecule has 0 bridgehead atoms. The highest BCUT2D eigenvalue weighted by molar-refractivity contribution is 7.17. The fourth-order valence-corrected chi connectivity index (χ4v) is 4.71. The molecule has 198 valence electrons. The number of amides is 1. The quantitative estimate of drug-likeness (QED) is 0.285. The summed E-state index contributed by atoms with van der Waals surface area (Å²) >= 11 is 1.17. The summed E-state index contributed by atoms with van der Waals surface area (Å²) in [5.41, 5.74) is 1.17. The van der Waals surface area contributed by atoms with Crippen molar-refractivity contribution in [2.45, 2.75) is 6.42 Å². The molecule has 4 aromatic rings. The smallest absolute Gasteiger partial charge is 0.267 e. The van der Waals surface area contributed by atoms with Crippen molar-refractivity contribution in [3.05, 3.63) is 59.6 Å². The molecule has 38 heavy (non-hydrogen) atoms. The van der Waals surface area contributed by atoms with Crippen molar-refractivity contribution in [3.63, 3.8) is 0 Å². The van der Waals surface area contributed by atoms with E-state index in [2.05, 4.69) is 30.5 Å². The Bertz CT molecular complexity index is 1390. The van der Waals surface area contributed by atoms with Gasteiger partial charge in [0.2, 0.25) is 0 Å². The molecular formula is C26H27FN6O4S. The lowest BCUT2D eigenvalue weighted by atomic mass is 10.2. The number of rotatable bonds is 10. The third-order valence-corrected chi connectivity index (χ3v) is 6.87. The Morgan fingerprint density at radius 1 is 1.13 bits per heavy atom. The van der Waals surface area contributed by atoms with Gasteiger partial charge in [-0.1, -0.05) is 11.3 Å². The third-order valence-electron chi connectivity index (χ3n) is 5.96. The van der Waals surface area contributed by atoms with Crippen LogP contribution in [0.3, 0.4) is 0 Å². The van der Waals surface area contributed by atoms with E-state index in [9.17, 15) is 9.18 Å². The molecule has 0 radical (unpaired) electrons. The fourth-order valence-electron chi connectivity index (χ4n) is 4.00. The number of ether oxygens (including phenoxy) is 3. The van der Waals surface area contributed by atoms with Gasteiger partial charge in [0.25, 0.3) is 5.91 Å². The van der Waals surface area contributed by atoms with Crippen molar-refractivity contribution < 1.29 is 23.4 Å². The first-order valence-electron chi connectivity index (χ1n) is 12.1. The zero-order chi connectivity index (χ0) is 26.3. The molecule has 0 atom stereocenters. The number of thiazole rings is 1. The number of hydrogen-bond donors (Lipinski definition) is 2. The van der Waals surface area contributed by atoms with E-state index in [1.165, 1.54) is 48.1 Å². The Morgan fingerprint density at radius 2 is 1.95 bits per heavy atom. The van der Waals surface area contributed by atoms with Crippen LogP contribution in [0.4, 0.5) is 21.0 Å². The van der Waals surface area contributed by atoms with Crippen LogP contribution in [0.15, 0.2) is 48.9 Å². The van der Waals surface area contributed by atoms with Crippen LogP contribution >= 0.6 is 11.3 Å². The number of halogens is 1. The van der Waals surface area contributed by atoms with Crippen molar-refractivity contribution in [1.29, 1.82) is 0 Å². The number of hydrogen-bond acceptors (Lipinski definition) is 10. The van der Waals surface area contributed by atoms with E-state index in [1.54, 1.807) is 7.11 Å². The molecule has 1 fully saturated rings. The topological polar surface area (TPSA) is 111 Å². The lowest BCUT2D eigenvalue weighted by Gasteiger charge is -2.26. The van der Waals surface area contributed by atoms with Crippen molar-refractivity contribution in [1.82, 2.24) is 19.9 Å². The summed E-state index contributed by atoms with van der Waals surface area (Å²) in [4.78, 5) is 28.4. The number of nitrogens with zero attached hydrogens (tertiary/aromatic N) is 4. The largest absolute Gasteiger partial charge is 0.493 e. The Balaban J connectivity index is 1.25. The average Bonchev–Trinajstić information content (AvgIpc) is 3.41. The number of carbonyl (C=O) groups excluding carboxylic acids is 1. The van der Waals surface area contributed by atoms with Gasteiger partial charge < -0.3 is 24.8 Å². The van der Waals surface area contributed by atoms with Crippen molar-refractivity contribution in [3.8, 4) is 11.5 Å². The van der Waals surface area contributed by atoms with E-state index < -0.39 is 0 Å². The summed E-state index contributed by atoms with van der Waals surface area (Å²) < 4.78 is 30.1. The second kappa shape index (κ2) is 12.1. The van der Waals surface area contributed by atoms with Crippen molar-refractivity contribution in [2.24, 2.45) is 0 Å². The fraction of sp³-hybridized carbons (Fsp3) is 0.308. The number of nitrogens with one attached hydrogen (secondary N) is 2. The van der Waals surface area contributed by atoms with Gasteiger partial charge in [-0.05, 0) is 36.8 Å². The molecule has 0 saturated carbocycles. The van der Waals surface area contributed by atoms with Crippen LogP contribution in [0, 0.1) is 5.82 Å². The maximum atomic E-state index is 13.1. The monoisotopic (exact) mass is 538 g/mol. The van der Waals surface area contributed by atoms with Crippen LogP contribution in [-0.4, -0.2) is 72.3 Å². The van der Waals surface area contributed by atoms with E-state index in [4.69, 9.17) is 14.2 Å². The number of carbonyl (C=O) groups is 1. The standard InChI is InChI=1S/C26H27FN6O4S/c1-35-21-13-19-20(14-22(21)37-10-2-7-33-8-11-36-12-9-33)29-16-30-24(19)32-26-28-15-23(38-26)25(34)31-18-5-3-17(27)4-6-18/h3-6,13-16H,2,7-12H2,1H3,(H,31,34)(H,28,29,30,32). The zero-order valence-corrected chi connectivity index (χ0v) is 21.6. The van der Waals surface area contributed by atoms with E-state index >= 15 is 0 Å². The van der Waals surface area contributed by atoms with Crippen LogP contribution in [0.1, 0.15) is 16.1 Å². The van der Waals surface area contributed by atoms with Crippen LogP contribution in [0.25, 0.3) is 10.9 Å². The number of aromatic nitrogens is 3. The molecular weight excluding hydrogens is 511 g/mol. The predicted octanol–water partition coefficient (Wildman–Crippen LogP) is 4.33. The maximum Gasteiger partial charge on any atom is 0.267 e. The maximum absolute atomic E-state index is 13.1. The highest BCUT2D eigenvalue weighted by Crippen LogP contribution is 2.35. The molecule has 1 saturated heterocycles. The molecule has 2 aromatic heterocycles. The van der Waals surface area contributed by atoms with Gasteiger partial charge in [0.05, 0.1) is 38.6 Å². The third kappa shape index (κ3) is 6.33. The number of methoxy groups -OCH3 is 1. The summed E-state index contributed by atoms with van der Waals surface area (Å²) in [7, 11) is 1.59. The Labute approximate surface area is 222 Å². The molecule has 12 heteroatoms. The van der Waals surface area contributed by atoms with Gasteiger partial charge in [-0.2, -0.15) is 0 Å². The Kier molecular flexibility index (Phi) is 8.22. The number of benzene rings is 2. The molecule has 1 aliphatic heterocycles. The van der Waals surface area contributed by atoms with Gasteiger partial charge in [-0.15, -0.1) is 0 Å². The molecule has 1 amide bonds. The van der Waals surface area contributed by atoms with E-state index in [-0.39, 0.29) is 11.7 Å². The molecule has 2 N–H and O–H groups in total. The van der Waals surface area contributed by atoms with Crippen LogP contribution < -0.4 is 20.1 Å². The van der Waals surface area contributed by atoms with Gasteiger partial charge >= 0.3 is 0 Å². The minimum Gasteiger partial charge on any atom is -0.493 e. The van der Waals surface area contributed by atoms with Crippen LogP contribution in [0.2, 0.25) is 0 Å². The predicted molar refractivity (Wildman–Crippen MR) is 143 cm³/mol. The first kappa shape index (κ1) is 25.8. The van der Waals surface area contributed by atoms with Crippen LogP contribution in [-0.2, 0) is 4.74 Å². The van der Waals surface area contributed by atoms with Gasteiger partial charge in [0, 0.05) is 36.8 Å². The lowest BCUT2D eigenvalue weighted by molar-refractivity contribution is 0.0357. The molecule has 0 spiro atoms. The minimum absolute atomic E-state index is 0.341. The van der Waals surface area contributed by atoms with E-state index in [1.807, 2.05) is 12.1 Å². The highest BCUT2D eigenvalue weighted by atomic mass is 32.1. The molecule has 10 nitrogen and oxygen atoms in total. The van der Waals surface area contributed by atoms with Gasteiger partial charge in [0.1, 0.15) is 22.8 Å². The summed E-state index contributed by atoms with van der Waals surface area (Å²) in [6.45, 7) is 4.96. The molecule has 0 unspecified atom stereocenters. The normalized spacial score (nSPS) is 13.8. The van der Waals surface area contributed by atoms with Gasteiger partial charge in [0.15, 0.2) is 16.6 Å². The average molecular weight is 539 g/mol. The van der Waals surface area contributed by atoms with Crippen LogP contribution in [0.5, 0.6) is 11.5 Å². The first-order valence-corrected chi connectivity index (χ1v) is 13.0. The van der Waals surface area contributed by atoms with E-state index in [0.717, 1.165) is 44.7 Å². The lowest BCUT2D eigenvalue weighted by Crippen LogP contribution is -2.37. The van der Waals surface area contributed by atoms with Crippen molar-refractivity contribution in [2.75, 3.05) is 57.2 Å². The highest BCUT2D eigenvalue weighted by Gasteiger charge is 2.16. The van der Waals surface area contributed by atoms with Gasteiger partial charge in [-0.3, -0.25) is 9.69 Å². The summed E-state index contributed by atoms with van der Waals surface area (Å²) in [6, 6.07) is 9.22. The van der Waals surface area contributed by atoms with E-state index in [0.29, 0.717) is 45.1 Å². The molecule has 5 rings (SSSR count). The second-order valence-electron chi connectivity index (χ2n) is 8.51. The Morgan fingerprint density at radius 3 is 2.74 bits per heavy atom. The second-order valence-corrected chi connectivity index (χ2v) is 9.54.